The predicted molar refractivity (Wildman–Crippen MR) is 96.4 cm³/mol. The van der Waals surface area contributed by atoms with Crippen molar-refractivity contribution in [3.8, 4) is 0 Å². The standard InChI is InChI=1S/C22H34O2/c1-14-9-11-21(3)16(13-14)5-6-17-18-7-8-20(24-15(2)23)22(18,4)12-10-19(17)21/h9,16-20H,5-8,10-13H2,1-4H3/t16?,17-,18-,19+,20?,21-,22-/m0/s1. The maximum Gasteiger partial charge on any atom is 0.302 e. The smallest absolute Gasteiger partial charge is 0.302 e. The maximum absolute atomic E-state index is 11.5. The second kappa shape index (κ2) is 5.61. The Bertz CT molecular complexity index is 564. The fraction of sp³-hybridized carbons (Fsp3) is 0.864. The van der Waals surface area contributed by atoms with Gasteiger partial charge in [-0.25, -0.2) is 0 Å². The lowest BCUT2D eigenvalue weighted by atomic mass is 9.45. The van der Waals surface area contributed by atoms with Gasteiger partial charge >= 0.3 is 5.97 Å². The van der Waals surface area contributed by atoms with Crippen LogP contribution in [0.25, 0.3) is 0 Å². The van der Waals surface area contributed by atoms with E-state index in [1.807, 2.05) is 0 Å². The molecule has 0 aromatic heterocycles. The molecule has 2 nitrogen and oxygen atoms in total. The SMILES string of the molecule is CC(=O)OC1CC[C@H]2[C@@H]3CCC4CC(C)=CC[C@]4(C)[C@@H]3CC[C@]12C. The van der Waals surface area contributed by atoms with Crippen LogP contribution in [0.1, 0.15) is 79.1 Å². The molecule has 2 unspecified atom stereocenters. The van der Waals surface area contributed by atoms with Gasteiger partial charge in [0.25, 0.3) is 0 Å². The van der Waals surface area contributed by atoms with Crippen molar-refractivity contribution in [3.05, 3.63) is 11.6 Å². The second-order valence-electron chi connectivity index (χ2n) is 9.84. The van der Waals surface area contributed by atoms with E-state index in [2.05, 4.69) is 26.8 Å². The van der Waals surface area contributed by atoms with Gasteiger partial charge in [-0.05, 0) is 87.4 Å². The molecule has 24 heavy (non-hydrogen) atoms. The van der Waals surface area contributed by atoms with Crippen LogP contribution in [0.2, 0.25) is 0 Å². The first-order chi connectivity index (χ1) is 11.3. The third-order valence-corrected chi connectivity index (χ3v) is 8.75. The molecule has 0 heterocycles. The number of carbonyl (C=O) groups is 1. The molecule has 4 aliphatic carbocycles. The van der Waals surface area contributed by atoms with Gasteiger partial charge in [0.05, 0.1) is 0 Å². The summed E-state index contributed by atoms with van der Waals surface area (Å²) in [4.78, 5) is 11.5. The molecule has 0 saturated heterocycles. The molecule has 0 aliphatic heterocycles. The minimum atomic E-state index is -0.0902. The third-order valence-electron chi connectivity index (χ3n) is 8.75. The number of ether oxygens (including phenoxy) is 1. The van der Waals surface area contributed by atoms with Crippen molar-refractivity contribution in [1.82, 2.24) is 0 Å². The Morgan fingerprint density at radius 2 is 1.83 bits per heavy atom. The summed E-state index contributed by atoms with van der Waals surface area (Å²) in [5.41, 5.74) is 2.37. The molecule has 7 atom stereocenters. The van der Waals surface area contributed by atoms with Crippen LogP contribution in [0.4, 0.5) is 0 Å². The molecular formula is C22H34O2. The highest BCUT2D eigenvalue weighted by atomic mass is 16.5. The lowest BCUT2D eigenvalue weighted by molar-refractivity contribution is -0.159. The topological polar surface area (TPSA) is 26.3 Å². The van der Waals surface area contributed by atoms with Crippen LogP contribution >= 0.6 is 0 Å². The molecule has 3 saturated carbocycles. The zero-order valence-corrected chi connectivity index (χ0v) is 15.9. The van der Waals surface area contributed by atoms with Gasteiger partial charge in [0.2, 0.25) is 0 Å². The lowest BCUT2D eigenvalue weighted by Crippen LogP contribution is -2.53. The first kappa shape index (κ1) is 16.7. The van der Waals surface area contributed by atoms with Crippen LogP contribution < -0.4 is 0 Å². The van der Waals surface area contributed by atoms with E-state index in [1.54, 1.807) is 12.5 Å². The van der Waals surface area contributed by atoms with Crippen LogP contribution in [0.5, 0.6) is 0 Å². The quantitative estimate of drug-likeness (QED) is 0.467. The number of hydrogen-bond acceptors (Lipinski definition) is 2. The van der Waals surface area contributed by atoms with Crippen molar-refractivity contribution in [3.63, 3.8) is 0 Å². The number of allylic oxidation sites excluding steroid dienone is 2. The number of rotatable bonds is 1. The summed E-state index contributed by atoms with van der Waals surface area (Å²) in [6.07, 6.45) is 13.1. The summed E-state index contributed by atoms with van der Waals surface area (Å²) in [7, 11) is 0. The number of fused-ring (bicyclic) bond motifs is 5. The summed E-state index contributed by atoms with van der Waals surface area (Å²) >= 11 is 0. The van der Waals surface area contributed by atoms with Gasteiger partial charge < -0.3 is 4.74 Å². The maximum atomic E-state index is 11.5. The van der Waals surface area contributed by atoms with Crippen LogP contribution in [0, 0.1) is 34.5 Å². The molecular weight excluding hydrogens is 296 g/mol. The third kappa shape index (κ3) is 2.31. The van der Waals surface area contributed by atoms with Crippen molar-refractivity contribution >= 4 is 5.97 Å². The second-order valence-corrected chi connectivity index (χ2v) is 9.84. The highest BCUT2D eigenvalue weighted by Gasteiger charge is 2.60. The molecule has 0 bridgehead atoms. The molecule has 3 fully saturated rings. The average molecular weight is 331 g/mol. The van der Waals surface area contributed by atoms with Gasteiger partial charge in [0.15, 0.2) is 0 Å². The monoisotopic (exact) mass is 330 g/mol. The minimum Gasteiger partial charge on any atom is -0.462 e. The molecule has 0 radical (unpaired) electrons. The number of carbonyl (C=O) groups excluding carboxylic acids is 1. The fourth-order valence-corrected chi connectivity index (χ4v) is 7.40. The van der Waals surface area contributed by atoms with E-state index in [9.17, 15) is 4.79 Å². The van der Waals surface area contributed by atoms with Crippen molar-refractivity contribution < 1.29 is 9.53 Å². The Kier molecular flexibility index (Phi) is 3.89. The first-order valence-corrected chi connectivity index (χ1v) is 10.2. The van der Waals surface area contributed by atoms with Crippen molar-refractivity contribution in [2.45, 2.75) is 85.2 Å². The highest BCUT2D eigenvalue weighted by molar-refractivity contribution is 5.66. The van der Waals surface area contributed by atoms with Gasteiger partial charge in [-0.2, -0.15) is 0 Å². The molecule has 0 spiro atoms. The van der Waals surface area contributed by atoms with E-state index < -0.39 is 0 Å². The van der Waals surface area contributed by atoms with Crippen LogP contribution in [0.3, 0.4) is 0 Å². The average Bonchev–Trinajstić information content (AvgIpc) is 2.84. The largest absolute Gasteiger partial charge is 0.462 e. The Morgan fingerprint density at radius 3 is 2.58 bits per heavy atom. The molecule has 134 valence electrons. The molecule has 4 rings (SSSR count). The molecule has 2 heteroatoms. The zero-order chi connectivity index (χ0) is 17.1. The van der Waals surface area contributed by atoms with Gasteiger partial charge in [-0.1, -0.05) is 25.5 Å². The van der Waals surface area contributed by atoms with E-state index in [-0.39, 0.29) is 17.5 Å². The Balaban J connectivity index is 1.60. The molecule has 4 aliphatic rings. The summed E-state index contributed by atoms with van der Waals surface area (Å²) in [5.74, 6) is 3.32. The Hall–Kier alpha value is -0.790. The minimum absolute atomic E-state index is 0.0902. The van der Waals surface area contributed by atoms with Crippen LogP contribution in [-0.4, -0.2) is 12.1 Å². The fourth-order valence-electron chi connectivity index (χ4n) is 7.40. The number of esters is 1. The molecule has 0 aromatic carbocycles. The molecule has 0 amide bonds. The van der Waals surface area contributed by atoms with Crippen molar-refractivity contribution in [2.24, 2.45) is 34.5 Å². The van der Waals surface area contributed by atoms with Crippen LogP contribution in [0.15, 0.2) is 11.6 Å². The van der Waals surface area contributed by atoms with Gasteiger partial charge in [0, 0.05) is 12.3 Å². The summed E-state index contributed by atoms with van der Waals surface area (Å²) < 4.78 is 5.76. The van der Waals surface area contributed by atoms with Crippen molar-refractivity contribution in [2.75, 3.05) is 0 Å². The highest BCUT2D eigenvalue weighted by Crippen LogP contribution is 2.66. The van der Waals surface area contributed by atoms with Gasteiger partial charge in [-0.15, -0.1) is 0 Å². The Labute approximate surface area is 147 Å². The van der Waals surface area contributed by atoms with E-state index in [1.165, 1.54) is 44.9 Å². The van der Waals surface area contributed by atoms with Gasteiger partial charge in [0.1, 0.15) is 6.10 Å². The van der Waals surface area contributed by atoms with Crippen LogP contribution in [-0.2, 0) is 9.53 Å². The number of hydrogen-bond donors (Lipinski definition) is 0. The van der Waals surface area contributed by atoms with Crippen molar-refractivity contribution in [1.29, 1.82) is 0 Å². The van der Waals surface area contributed by atoms with E-state index >= 15 is 0 Å². The zero-order valence-electron chi connectivity index (χ0n) is 15.9. The van der Waals surface area contributed by atoms with E-state index in [4.69, 9.17) is 4.74 Å². The lowest BCUT2D eigenvalue weighted by Gasteiger charge is -2.59. The molecule has 0 N–H and O–H groups in total. The normalized spacial score (nSPS) is 50.3. The summed E-state index contributed by atoms with van der Waals surface area (Å²) in [5, 5.41) is 0. The van der Waals surface area contributed by atoms with Gasteiger partial charge in [-0.3, -0.25) is 4.79 Å². The predicted octanol–water partition coefficient (Wildman–Crippen LogP) is 5.52. The Morgan fingerprint density at radius 1 is 1.08 bits per heavy atom. The first-order valence-electron chi connectivity index (χ1n) is 10.2. The summed E-state index contributed by atoms with van der Waals surface area (Å²) in [6.45, 7) is 8.92. The molecule has 0 aromatic rings. The van der Waals surface area contributed by atoms with E-state index in [0.29, 0.717) is 5.41 Å². The summed E-state index contributed by atoms with van der Waals surface area (Å²) in [6, 6.07) is 0. The van der Waals surface area contributed by atoms with E-state index in [0.717, 1.165) is 30.1 Å².